The Morgan fingerprint density at radius 1 is 1.40 bits per heavy atom. The van der Waals surface area contributed by atoms with Crippen molar-refractivity contribution in [2.24, 2.45) is 0 Å². The number of hydrogen-bond donors (Lipinski definition) is 1. The zero-order valence-electron chi connectivity index (χ0n) is 8.30. The molecule has 15 heavy (non-hydrogen) atoms. The average Bonchev–Trinajstić information content (AvgIpc) is 2.72. The van der Waals surface area contributed by atoms with E-state index in [1.165, 1.54) is 0 Å². The van der Waals surface area contributed by atoms with E-state index in [9.17, 15) is 8.78 Å². The first kappa shape index (κ1) is 10.4. The first-order chi connectivity index (χ1) is 7.25. The minimum absolute atomic E-state index is 0.118. The van der Waals surface area contributed by atoms with E-state index >= 15 is 0 Å². The summed E-state index contributed by atoms with van der Waals surface area (Å²) in [6.45, 7) is 1.29. The van der Waals surface area contributed by atoms with Crippen LogP contribution in [0.3, 0.4) is 0 Å². The van der Waals surface area contributed by atoms with Gasteiger partial charge in [-0.1, -0.05) is 0 Å². The number of benzene rings is 1. The standard InChI is InChI=1S/C11H13F2NO/c12-8-3-4-10(13)11(6-8)14-7-9-2-1-5-15-9/h3-4,6,9,14H,1-2,5,7H2. The molecule has 0 bridgehead atoms. The lowest BCUT2D eigenvalue weighted by Gasteiger charge is -2.12. The maximum atomic E-state index is 13.2. The van der Waals surface area contributed by atoms with Crippen molar-refractivity contribution in [3.63, 3.8) is 0 Å². The van der Waals surface area contributed by atoms with Crippen LogP contribution >= 0.6 is 0 Å². The molecule has 0 aliphatic carbocycles. The number of halogens is 2. The molecule has 1 aromatic carbocycles. The van der Waals surface area contributed by atoms with E-state index in [4.69, 9.17) is 4.74 Å². The topological polar surface area (TPSA) is 21.3 Å². The van der Waals surface area contributed by atoms with Crippen LogP contribution < -0.4 is 5.32 Å². The van der Waals surface area contributed by atoms with Gasteiger partial charge in [-0.25, -0.2) is 8.78 Å². The summed E-state index contributed by atoms with van der Waals surface area (Å²) in [6.07, 6.45) is 2.13. The Bertz CT molecular complexity index is 337. The Labute approximate surface area is 87.2 Å². The maximum absolute atomic E-state index is 13.2. The van der Waals surface area contributed by atoms with Gasteiger partial charge in [-0.05, 0) is 31.0 Å². The molecule has 4 heteroatoms. The van der Waals surface area contributed by atoms with E-state index in [0.29, 0.717) is 6.54 Å². The summed E-state index contributed by atoms with van der Waals surface area (Å²) >= 11 is 0. The molecule has 0 aromatic heterocycles. The van der Waals surface area contributed by atoms with Crippen LogP contribution in [0.25, 0.3) is 0 Å². The van der Waals surface area contributed by atoms with Crippen LogP contribution in [-0.4, -0.2) is 19.3 Å². The molecule has 0 amide bonds. The van der Waals surface area contributed by atoms with E-state index in [0.717, 1.165) is 37.6 Å². The van der Waals surface area contributed by atoms with E-state index in [-0.39, 0.29) is 11.8 Å². The summed E-state index contributed by atoms with van der Waals surface area (Å²) in [5, 5.41) is 2.86. The van der Waals surface area contributed by atoms with Crippen LogP contribution in [0.2, 0.25) is 0 Å². The summed E-state index contributed by atoms with van der Waals surface area (Å²) in [6, 6.07) is 3.38. The van der Waals surface area contributed by atoms with Crippen molar-refractivity contribution >= 4 is 5.69 Å². The quantitative estimate of drug-likeness (QED) is 0.833. The highest BCUT2D eigenvalue weighted by atomic mass is 19.1. The maximum Gasteiger partial charge on any atom is 0.146 e. The number of ether oxygens (including phenoxy) is 1. The number of nitrogens with one attached hydrogen (secondary N) is 1. The number of anilines is 1. The van der Waals surface area contributed by atoms with Gasteiger partial charge in [0.25, 0.3) is 0 Å². The van der Waals surface area contributed by atoms with Crippen molar-refractivity contribution in [2.75, 3.05) is 18.5 Å². The molecule has 82 valence electrons. The predicted octanol–water partition coefficient (Wildman–Crippen LogP) is 2.56. The van der Waals surface area contributed by atoms with Gasteiger partial charge in [0.15, 0.2) is 0 Å². The van der Waals surface area contributed by atoms with Crippen molar-refractivity contribution in [3.05, 3.63) is 29.8 Å². The highest BCUT2D eigenvalue weighted by molar-refractivity contribution is 5.44. The molecular formula is C11H13F2NO. The molecule has 1 N–H and O–H groups in total. The third-order valence-electron chi connectivity index (χ3n) is 2.47. The summed E-state index contributed by atoms with van der Waals surface area (Å²) in [5.74, 6) is -0.874. The Balaban J connectivity index is 1.94. The molecule has 0 spiro atoms. The van der Waals surface area contributed by atoms with Gasteiger partial charge >= 0.3 is 0 Å². The first-order valence-electron chi connectivity index (χ1n) is 5.06. The van der Waals surface area contributed by atoms with E-state index in [1.807, 2.05) is 0 Å². The van der Waals surface area contributed by atoms with Crippen LogP contribution in [0, 0.1) is 11.6 Å². The fourth-order valence-electron chi connectivity index (χ4n) is 1.66. The monoisotopic (exact) mass is 213 g/mol. The average molecular weight is 213 g/mol. The summed E-state index contributed by atoms with van der Waals surface area (Å²) in [5.41, 5.74) is 0.200. The second-order valence-corrected chi connectivity index (χ2v) is 3.64. The van der Waals surface area contributed by atoms with Crippen molar-refractivity contribution in [1.82, 2.24) is 0 Å². The van der Waals surface area contributed by atoms with Gasteiger partial charge in [0, 0.05) is 13.2 Å². The molecule has 1 aromatic rings. The van der Waals surface area contributed by atoms with Gasteiger partial charge in [-0.15, -0.1) is 0 Å². The van der Waals surface area contributed by atoms with Gasteiger partial charge in [0.2, 0.25) is 0 Å². The third kappa shape index (κ3) is 2.65. The second-order valence-electron chi connectivity index (χ2n) is 3.64. The second kappa shape index (κ2) is 4.57. The third-order valence-corrected chi connectivity index (χ3v) is 2.47. The van der Waals surface area contributed by atoms with Crippen LogP contribution in [0.15, 0.2) is 18.2 Å². The molecule has 1 atom stereocenters. The Kier molecular flexibility index (Phi) is 3.16. The molecule has 1 aliphatic heterocycles. The molecule has 1 unspecified atom stereocenters. The number of hydrogen-bond acceptors (Lipinski definition) is 2. The molecule has 2 rings (SSSR count). The minimum atomic E-state index is -0.439. The van der Waals surface area contributed by atoms with Crippen molar-refractivity contribution in [2.45, 2.75) is 18.9 Å². The van der Waals surface area contributed by atoms with E-state index in [2.05, 4.69) is 5.32 Å². The lowest BCUT2D eigenvalue weighted by Crippen LogP contribution is -2.19. The largest absolute Gasteiger partial charge is 0.380 e. The summed E-state index contributed by atoms with van der Waals surface area (Å²) in [7, 11) is 0. The lowest BCUT2D eigenvalue weighted by molar-refractivity contribution is 0.120. The van der Waals surface area contributed by atoms with Gasteiger partial charge in [0.05, 0.1) is 11.8 Å². The Morgan fingerprint density at radius 2 is 2.27 bits per heavy atom. The Hall–Kier alpha value is -1.16. The minimum Gasteiger partial charge on any atom is -0.380 e. The highest BCUT2D eigenvalue weighted by Gasteiger charge is 2.15. The molecule has 1 fully saturated rings. The summed E-state index contributed by atoms with van der Waals surface area (Å²) < 4.78 is 31.3. The predicted molar refractivity (Wildman–Crippen MR) is 53.8 cm³/mol. The molecule has 0 saturated carbocycles. The van der Waals surface area contributed by atoms with Gasteiger partial charge in [0.1, 0.15) is 11.6 Å². The molecule has 1 saturated heterocycles. The van der Waals surface area contributed by atoms with Gasteiger partial charge < -0.3 is 10.1 Å². The van der Waals surface area contributed by atoms with Crippen molar-refractivity contribution in [1.29, 1.82) is 0 Å². The van der Waals surface area contributed by atoms with Crippen molar-refractivity contribution < 1.29 is 13.5 Å². The van der Waals surface area contributed by atoms with Crippen molar-refractivity contribution in [3.8, 4) is 0 Å². The molecular weight excluding hydrogens is 200 g/mol. The van der Waals surface area contributed by atoms with Gasteiger partial charge in [-0.3, -0.25) is 0 Å². The Morgan fingerprint density at radius 3 is 3.00 bits per heavy atom. The molecule has 2 nitrogen and oxygen atoms in total. The smallest absolute Gasteiger partial charge is 0.146 e. The fraction of sp³-hybridized carbons (Fsp3) is 0.455. The molecule has 1 heterocycles. The van der Waals surface area contributed by atoms with Crippen LogP contribution in [0.1, 0.15) is 12.8 Å². The van der Waals surface area contributed by atoms with Crippen LogP contribution in [0.5, 0.6) is 0 Å². The van der Waals surface area contributed by atoms with Gasteiger partial charge in [-0.2, -0.15) is 0 Å². The summed E-state index contributed by atoms with van der Waals surface area (Å²) in [4.78, 5) is 0. The van der Waals surface area contributed by atoms with E-state index < -0.39 is 11.6 Å². The zero-order chi connectivity index (χ0) is 10.7. The molecule has 0 radical (unpaired) electrons. The van der Waals surface area contributed by atoms with Crippen LogP contribution in [0.4, 0.5) is 14.5 Å². The fourth-order valence-corrected chi connectivity index (χ4v) is 1.66. The highest BCUT2D eigenvalue weighted by Crippen LogP contribution is 2.17. The van der Waals surface area contributed by atoms with E-state index in [1.54, 1.807) is 0 Å². The number of rotatable bonds is 3. The lowest BCUT2D eigenvalue weighted by atomic mass is 10.2. The van der Waals surface area contributed by atoms with Crippen LogP contribution in [-0.2, 0) is 4.74 Å². The zero-order valence-corrected chi connectivity index (χ0v) is 8.30. The molecule has 1 aliphatic rings. The SMILES string of the molecule is Fc1ccc(F)c(NCC2CCCO2)c1. The normalized spacial score (nSPS) is 20.5. The first-order valence-corrected chi connectivity index (χ1v) is 5.06.